The zero-order valence-electron chi connectivity index (χ0n) is 17.2. The molecule has 3 N–H and O–H groups in total. The molecule has 9 nitrogen and oxygen atoms in total. The zero-order valence-corrected chi connectivity index (χ0v) is 17.2. The molecule has 9 heteroatoms. The van der Waals surface area contributed by atoms with E-state index in [1.807, 2.05) is 20.8 Å². The summed E-state index contributed by atoms with van der Waals surface area (Å²) in [6.45, 7) is 7.36. The van der Waals surface area contributed by atoms with Crippen LogP contribution in [-0.4, -0.2) is 68.8 Å². The number of aliphatic hydroxyl groups excluding tert-OH is 2. The smallest absolute Gasteiger partial charge is 0.342 e. The van der Waals surface area contributed by atoms with Gasteiger partial charge < -0.3 is 29.5 Å². The maximum absolute atomic E-state index is 13.4. The van der Waals surface area contributed by atoms with Crippen molar-refractivity contribution >= 4 is 17.7 Å². The maximum atomic E-state index is 13.4. The van der Waals surface area contributed by atoms with E-state index >= 15 is 0 Å². The average Bonchev–Trinajstić information content (AvgIpc) is 3.35. The number of rotatable bonds is 0. The van der Waals surface area contributed by atoms with Gasteiger partial charge in [0.2, 0.25) is 11.9 Å². The van der Waals surface area contributed by atoms with Crippen molar-refractivity contribution in [2.45, 2.75) is 76.3 Å². The van der Waals surface area contributed by atoms with Gasteiger partial charge in [-0.25, -0.2) is 9.59 Å². The minimum Gasteiger partial charge on any atom is -0.459 e. The number of ether oxygens (including phenoxy) is 3. The van der Waals surface area contributed by atoms with E-state index in [0.29, 0.717) is 0 Å². The molecule has 0 aromatic heterocycles. The van der Waals surface area contributed by atoms with Gasteiger partial charge in [0.1, 0.15) is 17.5 Å². The molecule has 11 atom stereocenters. The van der Waals surface area contributed by atoms with Crippen molar-refractivity contribution in [3.63, 3.8) is 0 Å². The predicted molar refractivity (Wildman–Crippen MR) is 95.2 cm³/mol. The maximum Gasteiger partial charge on any atom is 0.342 e. The highest BCUT2D eigenvalue weighted by molar-refractivity contribution is 5.95. The van der Waals surface area contributed by atoms with Crippen LogP contribution < -0.4 is 0 Å². The lowest BCUT2D eigenvalue weighted by atomic mass is 9.51. The van der Waals surface area contributed by atoms with E-state index in [1.165, 1.54) is 6.92 Å². The molecule has 3 heterocycles. The third-order valence-electron chi connectivity index (χ3n) is 9.53. The minimum absolute atomic E-state index is 0.114. The molecule has 3 saturated heterocycles. The van der Waals surface area contributed by atoms with Crippen LogP contribution in [0.25, 0.3) is 0 Å². The summed E-state index contributed by atoms with van der Waals surface area (Å²) in [6, 6.07) is 0. The Hall–Kier alpha value is -1.55. The molecular formula is C21H26O9. The van der Waals surface area contributed by atoms with Gasteiger partial charge in [-0.3, -0.25) is 4.79 Å². The highest BCUT2D eigenvalue weighted by Gasteiger charge is 3.02. The van der Waals surface area contributed by atoms with Crippen molar-refractivity contribution in [3.05, 3.63) is 0 Å². The van der Waals surface area contributed by atoms with Gasteiger partial charge in [0.15, 0.2) is 6.10 Å². The number of hydrogen-bond donors (Lipinski definition) is 3. The fourth-order valence-corrected chi connectivity index (χ4v) is 8.68. The van der Waals surface area contributed by atoms with Crippen molar-refractivity contribution in [2.24, 2.45) is 34.0 Å². The SMILES string of the molecule is C[C@@H]1C(=O)C[C@H]2[C@H](O)[C@@]34[C@H]5C[C@@H](C(C)(C)C)C36[C@@H](OC(=O)[C@@H]6O)O[C@@]4(C(=O)O5)[C@@]12O. The third kappa shape index (κ3) is 1.35. The molecule has 6 aliphatic rings. The highest BCUT2D eigenvalue weighted by atomic mass is 16.8. The van der Waals surface area contributed by atoms with E-state index in [9.17, 15) is 29.7 Å². The van der Waals surface area contributed by atoms with Crippen LogP contribution in [0.5, 0.6) is 0 Å². The molecule has 3 saturated carbocycles. The number of hydrogen-bond acceptors (Lipinski definition) is 9. The Bertz CT molecular complexity index is 924. The molecule has 6 rings (SSSR count). The van der Waals surface area contributed by atoms with Gasteiger partial charge in [-0.05, 0) is 17.8 Å². The first kappa shape index (κ1) is 19.2. The van der Waals surface area contributed by atoms with Crippen molar-refractivity contribution in [1.29, 1.82) is 0 Å². The average molecular weight is 422 g/mol. The van der Waals surface area contributed by atoms with Gasteiger partial charge in [0.25, 0.3) is 0 Å². The van der Waals surface area contributed by atoms with Gasteiger partial charge in [-0.15, -0.1) is 0 Å². The molecular weight excluding hydrogens is 396 g/mol. The number of fused-ring (bicyclic) bond motifs is 1. The monoisotopic (exact) mass is 422 g/mol. The molecule has 2 spiro atoms. The molecule has 0 aromatic carbocycles. The van der Waals surface area contributed by atoms with E-state index in [1.54, 1.807) is 0 Å². The lowest BCUT2D eigenvalue weighted by Crippen LogP contribution is -2.67. The standard InChI is InChI=1S/C21H26O9/c1-7-9(22)5-8-12(23)19-11-6-10(17(2,3)4)18(19)13(24)14(25)29-16(18)30-21(19,15(26)28-11)20(7,8)27/h7-8,10-13,16,23-24,27H,5-6H2,1-4H3/t7-,8+,10+,11-,12+,13+,16+,18?,19+,20-,21-/m1/s1. The van der Waals surface area contributed by atoms with E-state index in [0.717, 1.165) is 0 Å². The first-order valence-electron chi connectivity index (χ1n) is 10.5. The molecule has 3 aliphatic carbocycles. The topological polar surface area (TPSA) is 140 Å². The van der Waals surface area contributed by atoms with E-state index < -0.39 is 81.7 Å². The Kier molecular flexibility index (Phi) is 3.05. The number of Topliss-reactive ketones (excluding diaryl/α,β-unsaturated/α-hetero) is 1. The van der Waals surface area contributed by atoms with Crippen LogP contribution in [0.15, 0.2) is 0 Å². The van der Waals surface area contributed by atoms with Crippen molar-refractivity contribution in [1.82, 2.24) is 0 Å². The summed E-state index contributed by atoms with van der Waals surface area (Å²) in [7, 11) is 0. The molecule has 6 fully saturated rings. The summed E-state index contributed by atoms with van der Waals surface area (Å²) in [5, 5.41) is 35.0. The van der Waals surface area contributed by atoms with Crippen LogP contribution in [0.1, 0.15) is 40.5 Å². The van der Waals surface area contributed by atoms with Gasteiger partial charge in [-0.2, -0.15) is 0 Å². The minimum atomic E-state index is -2.09. The summed E-state index contributed by atoms with van der Waals surface area (Å²) < 4.78 is 17.3. The zero-order chi connectivity index (χ0) is 21.8. The second-order valence-corrected chi connectivity index (χ2v) is 11.1. The second-order valence-electron chi connectivity index (χ2n) is 11.1. The normalized spacial score (nSPS) is 60.4. The predicted octanol–water partition coefficient (Wildman–Crippen LogP) is -0.706. The van der Waals surface area contributed by atoms with Gasteiger partial charge in [-0.1, -0.05) is 27.7 Å². The Balaban J connectivity index is 1.72. The first-order valence-corrected chi connectivity index (χ1v) is 10.5. The van der Waals surface area contributed by atoms with E-state index in [2.05, 4.69) is 0 Å². The first-order chi connectivity index (χ1) is 13.8. The van der Waals surface area contributed by atoms with Crippen LogP contribution >= 0.6 is 0 Å². The van der Waals surface area contributed by atoms with Crippen molar-refractivity contribution in [3.8, 4) is 0 Å². The molecule has 0 bridgehead atoms. The largest absolute Gasteiger partial charge is 0.459 e. The number of esters is 2. The fourth-order valence-electron chi connectivity index (χ4n) is 8.68. The summed E-state index contributed by atoms with van der Waals surface area (Å²) in [4.78, 5) is 38.5. The summed E-state index contributed by atoms with van der Waals surface area (Å²) in [5.74, 6) is -4.38. The molecule has 0 radical (unpaired) electrons. The lowest BCUT2D eigenvalue weighted by molar-refractivity contribution is -0.239. The number of ketones is 1. The second kappa shape index (κ2) is 4.77. The van der Waals surface area contributed by atoms with Crippen LogP contribution in [0.4, 0.5) is 0 Å². The lowest BCUT2D eigenvalue weighted by Gasteiger charge is -2.48. The fraction of sp³-hybridized carbons (Fsp3) is 0.857. The molecule has 3 aliphatic heterocycles. The van der Waals surface area contributed by atoms with Crippen LogP contribution in [-0.2, 0) is 28.6 Å². The van der Waals surface area contributed by atoms with E-state index in [-0.39, 0.29) is 18.6 Å². The third-order valence-corrected chi connectivity index (χ3v) is 9.53. The molecule has 0 aromatic rings. The number of carbonyl (C=O) groups is 3. The summed E-state index contributed by atoms with van der Waals surface area (Å²) in [6.07, 6.45) is -5.09. The van der Waals surface area contributed by atoms with E-state index in [4.69, 9.17) is 14.2 Å². The number of aliphatic hydroxyl groups is 3. The summed E-state index contributed by atoms with van der Waals surface area (Å²) in [5.41, 5.74) is -7.67. The van der Waals surface area contributed by atoms with Gasteiger partial charge in [0.05, 0.1) is 16.9 Å². The van der Waals surface area contributed by atoms with Crippen molar-refractivity contribution < 1.29 is 43.9 Å². The molecule has 0 amide bonds. The summed E-state index contributed by atoms with van der Waals surface area (Å²) >= 11 is 0. The van der Waals surface area contributed by atoms with Gasteiger partial charge in [0, 0.05) is 18.3 Å². The molecule has 1 unspecified atom stereocenters. The quantitative estimate of drug-likeness (QED) is 0.432. The molecule has 30 heavy (non-hydrogen) atoms. The molecule has 164 valence electrons. The van der Waals surface area contributed by atoms with Crippen LogP contribution in [0, 0.1) is 34.0 Å². The highest BCUT2D eigenvalue weighted by Crippen LogP contribution is 2.85. The Morgan fingerprint density at radius 3 is 2.40 bits per heavy atom. The Morgan fingerprint density at radius 2 is 1.77 bits per heavy atom. The Morgan fingerprint density at radius 1 is 1.10 bits per heavy atom. The van der Waals surface area contributed by atoms with Crippen molar-refractivity contribution in [2.75, 3.05) is 0 Å². The van der Waals surface area contributed by atoms with Crippen LogP contribution in [0.3, 0.4) is 0 Å². The van der Waals surface area contributed by atoms with Crippen LogP contribution in [0.2, 0.25) is 0 Å². The Labute approximate surface area is 172 Å². The van der Waals surface area contributed by atoms with Gasteiger partial charge >= 0.3 is 11.9 Å². The number of carbonyl (C=O) groups excluding carboxylic acids is 3.